The van der Waals surface area contributed by atoms with E-state index in [1.807, 2.05) is 0 Å². The first-order chi connectivity index (χ1) is 8.25. The molecule has 0 spiro atoms. The van der Waals surface area contributed by atoms with Crippen LogP contribution in [0, 0.1) is 6.92 Å². The average Bonchev–Trinajstić information content (AvgIpc) is 2.66. The van der Waals surface area contributed by atoms with Crippen LogP contribution in [0.1, 0.15) is 12.1 Å². The number of hydrogen-bond acceptors (Lipinski definition) is 2. The first-order valence-electron chi connectivity index (χ1n) is 5.82. The quantitative estimate of drug-likeness (QED) is 0.872. The van der Waals surface area contributed by atoms with E-state index < -0.39 is 0 Å². The maximum absolute atomic E-state index is 4.59. The second kappa shape index (κ2) is 4.18. The molecule has 1 aliphatic rings. The van der Waals surface area contributed by atoms with Crippen molar-refractivity contribution >= 4 is 21.9 Å². The molecule has 1 N–H and O–H groups in total. The Morgan fingerprint density at radius 3 is 2.82 bits per heavy atom. The number of hydrogen-bond donors (Lipinski definition) is 1. The molecule has 88 valence electrons. The summed E-state index contributed by atoms with van der Waals surface area (Å²) in [4.78, 5) is 4.59. The molecule has 0 unspecified atom stereocenters. The Hall–Kier alpha value is -1.29. The molecule has 0 fully saturated rings. The van der Waals surface area contributed by atoms with E-state index in [-0.39, 0.29) is 0 Å². The monoisotopic (exact) mass is 291 g/mol. The fourth-order valence-electron chi connectivity index (χ4n) is 2.34. The molecular weight excluding hydrogens is 278 g/mol. The van der Waals surface area contributed by atoms with Crippen molar-refractivity contribution in [2.75, 3.05) is 11.9 Å². The number of fused-ring (bicyclic) bond motifs is 1. The predicted molar refractivity (Wildman–Crippen MR) is 73.2 cm³/mol. The summed E-state index contributed by atoms with van der Waals surface area (Å²) in [6.07, 6.45) is 1.16. The zero-order valence-corrected chi connectivity index (χ0v) is 11.3. The minimum absolute atomic E-state index is 1.01. The van der Waals surface area contributed by atoms with E-state index in [9.17, 15) is 0 Å². The van der Waals surface area contributed by atoms with Gasteiger partial charge in [0.1, 0.15) is 0 Å². The van der Waals surface area contributed by atoms with Crippen LogP contribution in [0.3, 0.4) is 0 Å². The largest absolute Gasteiger partial charge is 0.356 e. The van der Waals surface area contributed by atoms with E-state index in [2.05, 4.69) is 62.0 Å². The Kier molecular flexibility index (Phi) is 2.67. The molecule has 0 bridgehead atoms. The summed E-state index contributed by atoms with van der Waals surface area (Å²) in [5.41, 5.74) is 3.56. The molecule has 3 rings (SSSR count). The third-order valence-electron chi connectivity index (χ3n) is 3.10. The number of aromatic nitrogens is 2. The molecule has 4 heteroatoms. The van der Waals surface area contributed by atoms with E-state index in [0.717, 1.165) is 35.6 Å². The smallest absolute Gasteiger partial charge is 0.203 e. The average molecular weight is 292 g/mol. The standard InChI is InChI=1S/C13H14BrN3/c1-9-12(10-3-5-11(14)6-4-10)17-8-2-7-15-13(17)16-9/h3-6H,2,7-8H2,1H3,(H,15,16). The minimum Gasteiger partial charge on any atom is -0.356 e. The predicted octanol–water partition coefficient (Wildman–Crippen LogP) is 3.44. The second-order valence-electron chi connectivity index (χ2n) is 4.31. The molecule has 2 heterocycles. The van der Waals surface area contributed by atoms with Gasteiger partial charge in [-0.2, -0.15) is 0 Å². The molecule has 1 aromatic carbocycles. The third-order valence-corrected chi connectivity index (χ3v) is 3.63. The Bertz CT molecular complexity index is 543. The van der Waals surface area contributed by atoms with Crippen LogP contribution in [0.25, 0.3) is 11.3 Å². The van der Waals surface area contributed by atoms with Crippen LogP contribution in [0.15, 0.2) is 28.7 Å². The van der Waals surface area contributed by atoms with Crippen molar-refractivity contribution in [1.29, 1.82) is 0 Å². The second-order valence-corrected chi connectivity index (χ2v) is 5.22. The Balaban J connectivity index is 2.13. The molecule has 1 aliphatic heterocycles. The number of anilines is 1. The number of nitrogens with one attached hydrogen (secondary N) is 1. The molecular formula is C13H14BrN3. The van der Waals surface area contributed by atoms with Crippen molar-refractivity contribution in [2.45, 2.75) is 19.9 Å². The summed E-state index contributed by atoms with van der Waals surface area (Å²) in [5.74, 6) is 1.01. The van der Waals surface area contributed by atoms with Crippen molar-refractivity contribution in [3.05, 3.63) is 34.4 Å². The van der Waals surface area contributed by atoms with Gasteiger partial charge in [-0.15, -0.1) is 0 Å². The lowest BCUT2D eigenvalue weighted by atomic mass is 10.1. The lowest BCUT2D eigenvalue weighted by Gasteiger charge is -2.18. The van der Waals surface area contributed by atoms with Gasteiger partial charge < -0.3 is 9.88 Å². The highest BCUT2D eigenvalue weighted by Gasteiger charge is 2.17. The van der Waals surface area contributed by atoms with E-state index in [0.29, 0.717) is 0 Å². The molecule has 0 saturated heterocycles. The van der Waals surface area contributed by atoms with Gasteiger partial charge in [-0.25, -0.2) is 4.98 Å². The van der Waals surface area contributed by atoms with Crippen LogP contribution in [0.5, 0.6) is 0 Å². The molecule has 3 nitrogen and oxygen atoms in total. The summed E-state index contributed by atoms with van der Waals surface area (Å²) in [6, 6.07) is 8.42. The van der Waals surface area contributed by atoms with Crippen LogP contribution in [0.2, 0.25) is 0 Å². The highest BCUT2D eigenvalue weighted by atomic mass is 79.9. The maximum Gasteiger partial charge on any atom is 0.203 e. The fraction of sp³-hybridized carbons (Fsp3) is 0.308. The normalized spacial score (nSPS) is 14.2. The number of benzene rings is 1. The zero-order valence-electron chi connectivity index (χ0n) is 9.70. The Morgan fingerprint density at radius 1 is 1.29 bits per heavy atom. The molecule has 2 aromatic rings. The molecule has 0 amide bonds. The molecule has 1 aromatic heterocycles. The van der Waals surface area contributed by atoms with E-state index in [1.54, 1.807) is 0 Å². The van der Waals surface area contributed by atoms with Gasteiger partial charge in [-0.3, -0.25) is 0 Å². The maximum atomic E-state index is 4.59. The highest BCUT2D eigenvalue weighted by Crippen LogP contribution is 2.29. The van der Waals surface area contributed by atoms with Crippen LogP contribution in [-0.4, -0.2) is 16.1 Å². The van der Waals surface area contributed by atoms with E-state index in [1.165, 1.54) is 11.3 Å². The number of halogens is 1. The Morgan fingerprint density at radius 2 is 2.06 bits per heavy atom. The van der Waals surface area contributed by atoms with Gasteiger partial charge in [-0.05, 0) is 25.5 Å². The van der Waals surface area contributed by atoms with Gasteiger partial charge in [0, 0.05) is 23.1 Å². The molecule has 0 aliphatic carbocycles. The summed E-state index contributed by atoms with van der Waals surface area (Å²) in [7, 11) is 0. The number of nitrogens with zero attached hydrogens (tertiary/aromatic N) is 2. The molecule has 0 saturated carbocycles. The zero-order chi connectivity index (χ0) is 11.8. The van der Waals surface area contributed by atoms with Gasteiger partial charge in [0.25, 0.3) is 0 Å². The number of rotatable bonds is 1. The van der Waals surface area contributed by atoms with Crippen molar-refractivity contribution in [3.63, 3.8) is 0 Å². The third kappa shape index (κ3) is 1.86. The lowest BCUT2D eigenvalue weighted by molar-refractivity contribution is 0.632. The summed E-state index contributed by atoms with van der Waals surface area (Å²) < 4.78 is 3.39. The van der Waals surface area contributed by atoms with Gasteiger partial charge in [-0.1, -0.05) is 28.1 Å². The minimum atomic E-state index is 1.01. The summed E-state index contributed by atoms with van der Waals surface area (Å²) >= 11 is 3.47. The fourth-order valence-corrected chi connectivity index (χ4v) is 2.60. The van der Waals surface area contributed by atoms with Crippen LogP contribution in [0.4, 0.5) is 5.95 Å². The van der Waals surface area contributed by atoms with E-state index in [4.69, 9.17) is 0 Å². The van der Waals surface area contributed by atoms with Crippen molar-refractivity contribution < 1.29 is 0 Å². The van der Waals surface area contributed by atoms with Gasteiger partial charge in [0.15, 0.2) is 0 Å². The first-order valence-corrected chi connectivity index (χ1v) is 6.62. The first kappa shape index (κ1) is 10.8. The van der Waals surface area contributed by atoms with E-state index >= 15 is 0 Å². The van der Waals surface area contributed by atoms with Gasteiger partial charge >= 0.3 is 0 Å². The Labute approximate surface area is 109 Å². The van der Waals surface area contributed by atoms with Crippen molar-refractivity contribution in [2.24, 2.45) is 0 Å². The van der Waals surface area contributed by atoms with Crippen LogP contribution in [-0.2, 0) is 6.54 Å². The van der Waals surface area contributed by atoms with Crippen LogP contribution < -0.4 is 5.32 Å². The van der Waals surface area contributed by atoms with Gasteiger partial charge in [0.05, 0.1) is 11.4 Å². The lowest BCUT2D eigenvalue weighted by Crippen LogP contribution is -2.17. The highest BCUT2D eigenvalue weighted by molar-refractivity contribution is 9.10. The van der Waals surface area contributed by atoms with Crippen molar-refractivity contribution in [1.82, 2.24) is 9.55 Å². The molecule has 0 atom stereocenters. The van der Waals surface area contributed by atoms with Crippen molar-refractivity contribution in [3.8, 4) is 11.3 Å². The number of aryl methyl sites for hydroxylation is 1. The van der Waals surface area contributed by atoms with Gasteiger partial charge in [0.2, 0.25) is 5.95 Å². The summed E-state index contributed by atoms with van der Waals surface area (Å²) in [5, 5.41) is 3.35. The molecule has 0 radical (unpaired) electrons. The molecule has 17 heavy (non-hydrogen) atoms. The number of imidazole rings is 1. The summed E-state index contributed by atoms with van der Waals surface area (Å²) in [6.45, 7) is 4.15. The SMILES string of the molecule is Cc1nc2n(c1-c1ccc(Br)cc1)CCCN2. The van der Waals surface area contributed by atoms with Crippen LogP contribution >= 0.6 is 15.9 Å². The topological polar surface area (TPSA) is 29.9 Å².